The van der Waals surface area contributed by atoms with Crippen LogP contribution in [0.1, 0.15) is 12.0 Å². The van der Waals surface area contributed by atoms with Crippen molar-refractivity contribution < 1.29 is 18.0 Å². The first kappa shape index (κ1) is 22.8. The van der Waals surface area contributed by atoms with Crippen LogP contribution in [0.2, 0.25) is 0 Å². The third-order valence-corrected chi connectivity index (χ3v) is 7.82. The maximum atomic E-state index is 13.3. The van der Waals surface area contributed by atoms with E-state index in [4.69, 9.17) is 0 Å². The highest BCUT2D eigenvalue weighted by molar-refractivity contribution is 8.17. The number of nitrogens with zero attached hydrogens (tertiary/aromatic N) is 2. The quantitative estimate of drug-likeness (QED) is 0.567. The number of hydrogen-bond donors (Lipinski definition) is 1. The Morgan fingerprint density at radius 2 is 1.58 bits per heavy atom. The van der Waals surface area contributed by atoms with E-state index in [9.17, 15) is 18.0 Å². The lowest BCUT2D eigenvalue weighted by Gasteiger charge is -2.16. The average molecular weight is 480 g/mol. The normalized spacial score (nSPS) is 17.4. The summed E-state index contributed by atoms with van der Waals surface area (Å²) in [5.41, 5.74) is 2.16. The minimum absolute atomic E-state index is 0.0168. The molecular weight excluding hydrogens is 458 g/mol. The first-order chi connectivity index (χ1) is 15.8. The highest BCUT2D eigenvalue weighted by atomic mass is 32.2. The van der Waals surface area contributed by atoms with E-state index in [-0.39, 0.29) is 22.4 Å². The summed E-state index contributed by atoms with van der Waals surface area (Å²) in [6.07, 6.45) is -0.188. The number of benzene rings is 3. The summed E-state index contributed by atoms with van der Waals surface area (Å²) in [4.78, 5) is 30.2. The van der Waals surface area contributed by atoms with E-state index in [2.05, 4.69) is 10.3 Å². The van der Waals surface area contributed by atoms with Crippen molar-refractivity contribution in [3.63, 3.8) is 0 Å². The fraction of sp³-hybridized carbons (Fsp3) is 0.125. The van der Waals surface area contributed by atoms with Gasteiger partial charge in [0.15, 0.2) is 5.17 Å². The third-order valence-electron chi connectivity index (χ3n) is 4.87. The second-order valence-corrected chi connectivity index (χ2v) is 10.3. The van der Waals surface area contributed by atoms with Gasteiger partial charge in [-0.3, -0.25) is 9.59 Å². The van der Waals surface area contributed by atoms with Crippen molar-refractivity contribution >= 4 is 50.1 Å². The van der Waals surface area contributed by atoms with Gasteiger partial charge in [-0.25, -0.2) is 13.4 Å². The number of amides is 2. The number of para-hydroxylation sites is 1. The Morgan fingerprint density at radius 1 is 0.970 bits per heavy atom. The van der Waals surface area contributed by atoms with Crippen molar-refractivity contribution in [2.45, 2.75) is 23.5 Å². The molecule has 1 N–H and O–H groups in total. The zero-order chi connectivity index (χ0) is 23.4. The molecule has 33 heavy (non-hydrogen) atoms. The van der Waals surface area contributed by atoms with Gasteiger partial charge in [-0.15, -0.1) is 0 Å². The van der Waals surface area contributed by atoms with Crippen molar-refractivity contribution in [2.75, 3.05) is 5.32 Å². The van der Waals surface area contributed by atoms with Gasteiger partial charge in [-0.1, -0.05) is 65.9 Å². The summed E-state index contributed by atoms with van der Waals surface area (Å²) in [6, 6.07) is 23.7. The largest absolute Gasteiger partial charge is 0.326 e. The molecule has 2 amide bonds. The number of anilines is 1. The van der Waals surface area contributed by atoms with Gasteiger partial charge in [0.1, 0.15) is 5.25 Å². The molecule has 0 unspecified atom stereocenters. The Hall–Kier alpha value is -3.43. The van der Waals surface area contributed by atoms with E-state index in [0.717, 1.165) is 17.3 Å². The molecule has 3 aromatic rings. The maximum absolute atomic E-state index is 13.3. The minimum atomic E-state index is -4.19. The Balaban J connectivity index is 1.62. The molecule has 0 bridgehead atoms. The van der Waals surface area contributed by atoms with E-state index in [1.807, 2.05) is 25.1 Å². The number of aryl methyl sites for hydroxylation is 1. The Labute approximate surface area is 196 Å². The predicted molar refractivity (Wildman–Crippen MR) is 130 cm³/mol. The zero-order valence-corrected chi connectivity index (χ0v) is 19.3. The Bertz CT molecular complexity index is 1290. The van der Waals surface area contributed by atoms with Gasteiger partial charge in [-0.05, 0) is 43.3 Å². The molecule has 9 heteroatoms. The van der Waals surface area contributed by atoms with Crippen molar-refractivity contribution in [1.82, 2.24) is 4.31 Å². The van der Waals surface area contributed by atoms with Gasteiger partial charge in [0.25, 0.3) is 15.9 Å². The van der Waals surface area contributed by atoms with E-state index >= 15 is 0 Å². The van der Waals surface area contributed by atoms with E-state index in [1.165, 1.54) is 12.1 Å². The number of hydrogen-bond acceptors (Lipinski definition) is 6. The number of rotatable bonds is 6. The van der Waals surface area contributed by atoms with Gasteiger partial charge >= 0.3 is 0 Å². The minimum Gasteiger partial charge on any atom is -0.326 e. The summed E-state index contributed by atoms with van der Waals surface area (Å²) in [5.74, 6) is -1.08. The second-order valence-electron chi connectivity index (χ2n) is 7.38. The van der Waals surface area contributed by atoms with Crippen LogP contribution in [0.4, 0.5) is 11.4 Å². The number of aliphatic imine (C=N–C) groups is 1. The van der Waals surface area contributed by atoms with Gasteiger partial charge in [0.05, 0.1) is 10.6 Å². The smallest absolute Gasteiger partial charge is 0.272 e. The molecular formula is C24H21N3O4S2. The summed E-state index contributed by atoms with van der Waals surface area (Å²) < 4.78 is 27.3. The van der Waals surface area contributed by atoms with Crippen LogP contribution in [-0.2, 0) is 19.6 Å². The summed E-state index contributed by atoms with van der Waals surface area (Å²) in [5, 5.41) is 1.85. The number of thioether (sulfide) groups is 1. The third kappa shape index (κ3) is 5.15. The van der Waals surface area contributed by atoms with E-state index in [1.54, 1.807) is 54.6 Å². The highest BCUT2D eigenvalue weighted by Crippen LogP contribution is 2.35. The SMILES string of the molecule is Cc1ccc(NC(=O)C[C@@H]2SC(=Nc3ccccc3)N(S(=O)(=O)c3ccccc3)C2=O)cc1. The Kier molecular flexibility index (Phi) is 6.62. The average Bonchev–Trinajstić information content (AvgIpc) is 3.11. The first-order valence-electron chi connectivity index (χ1n) is 10.2. The van der Waals surface area contributed by atoms with Crippen LogP contribution in [-0.4, -0.2) is 35.0 Å². The van der Waals surface area contributed by atoms with Crippen LogP contribution < -0.4 is 5.32 Å². The lowest BCUT2D eigenvalue weighted by atomic mass is 10.2. The number of amidine groups is 1. The van der Waals surface area contributed by atoms with Crippen molar-refractivity contribution in [1.29, 1.82) is 0 Å². The molecule has 7 nitrogen and oxygen atoms in total. The molecule has 0 aliphatic carbocycles. The standard InChI is InChI=1S/C24H21N3O4S2/c1-17-12-14-19(15-13-17)25-22(28)16-21-23(29)27(33(30,31)20-10-6-3-7-11-20)24(32-21)26-18-8-4-2-5-9-18/h2-15,21H,16H2,1H3,(H,25,28)/t21-/m0/s1. The summed E-state index contributed by atoms with van der Waals surface area (Å²) in [6.45, 7) is 1.94. The lowest BCUT2D eigenvalue weighted by Crippen LogP contribution is -2.38. The van der Waals surface area contributed by atoms with Crippen molar-refractivity contribution in [3.8, 4) is 0 Å². The molecule has 0 aromatic heterocycles. The van der Waals surface area contributed by atoms with E-state index < -0.39 is 21.2 Å². The van der Waals surface area contributed by atoms with Crippen LogP contribution >= 0.6 is 11.8 Å². The molecule has 4 rings (SSSR count). The van der Waals surface area contributed by atoms with Crippen molar-refractivity contribution in [3.05, 3.63) is 90.5 Å². The molecule has 1 aliphatic rings. The zero-order valence-electron chi connectivity index (χ0n) is 17.7. The fourth-order valence-electron chi connectivity index (χ4n) is 3.20. The molecule has 0 radical (unpaired) electrons. The van der Waals surface area contributed by atoms with Crippen LogP contribution in [0.15, 0.2) is 94.8 Å². The number of carbonyl (C=O) groups excluding carboxylic acids is 2. The van der Waals surface area contributed by atoms with Gasteiger partial charge < -0.3 is 5.32 Å². The number of nitrogens with one attached hydrogen (secondary N) is 1. The predicted octanol–water partition coefficient (Wildman–Crippen LogP) is 4.34. The van der Waals surface area contributed by atoms with Crippen LogP contribution in [0.5, 0.6) is 0 Å². The lowest BCUT2D eigenvalue weighted by molar-refractivity contribution is -0.125. The fourth-order valence-corrected chi connectivity index (χ4v) is 6.05. The van der Waals surface area contributed by atoms with Gasteiger partial charge in [0, 0.05) is 12.1 Å². The first-order valence-corrected chi connectivity index (χ1v) is 12.5. The molecule has 1 atom stereocenters. The molecule has 1 aliphatic heterocycles. The molecule has 168 valence electrons. The second kappa shape index (κ2) is 9.60. The molecule has 1 heterocycles. The monoisotopic (exact) mass is 479 g/mol. The van der Waals surface area contributed by atoms with E-state index in [0.29, 0.717) is 15.7 Å². The van der Waals surface area contributed by atoms with Gasteiger partial charge in [0.2, 0.25) is 5.91 Å². The van der Waals surface area contributed by atoms with Crippen LogP contribution in [0.25, 0.3) is 0 Å². The highest BCUT2D eigenvalue weighted by Gasteiger charge is 2.46. The molecule has 0 spiro atoms. The molecule has 1 saturated heterocycles. The molecule has 0 saturated carbocycles. The van der Waals surface area contributed by atoms with Crippen LogP contribution in [0.3, 0.4) is 0 Å². The number of sulfonamides is 1. The topological polar surface area (TPSA) is 95.9 Å². The summed E-state index contributed by atoms with van der Waals surface area (Å²) >= 11 is 0.971. The molecule has 3 aromatic carbocycles. The van der Waals surface area contributed by atoms with Gasteiger partial charge in [-0.2, -0.15) is 4.31 Å². The number of carbonyl (C=O) groups is 2. The van der Waals surface area contributed by atoms with Crippen molar-refractivity contribution in [2.24, 2.45) is 4.99 Å². The van der Waals surface area contributed by atoms with Crippen LogP contribution in [0, 0.1) is 6.92 Å². The Morgan fingerprint density at radius 3 is 2.21 bits per heavy atom. The maximum Gasteiger partial charge on any atom is 0.272 e. The molecule has 1 fully saturated rings. The summed E-state index contributed by atoms with van der Waals surface area (Å²) in [7, 11) is -4.19.